The quantitative estimate of drug-likeness (QED) is 0.770. The summed E-state index contributed by atoms with van der Waals surface area (Å²) in [4.78, 5) is 17.6. The molecule has 0 bridgehead atoms. The molecule has 2 aromatic carbocycles. The molecule has 0 spiro atoms. The monoisotopic (exact) mass is 326 g/mol. The van der Waals surface area contributed by atoms with Gasteiger partial charge in [0.05, 0.1) is 12.1 Å². The molecule has 0 aliphatic heterocycles. The standard InChI is InChI=1S/C18H15FN2OS/c1-12-16(23-18(20-12)13-6-3-2-4-7-13)11-17(22)21-15-9-5-8-14(19)10-15/h2-10H,11H2,1H3,(H,21,22). The summed E-state index contributed by atoms with van der Waals surface area (Å²) in [5.74, 6) is -0.551. The Morgan fingerprint density at radius 1 is 1.17 bits per heavy atom. The Kier molecular flexibility index (Phi) is 4.48. The maximum absolute atomic E-state index is 13.1. The number of anilines is 1. The van der Waals surface area contributed by atoms with Crippen molar-refractivity contribution in [1.29, 1.82) is 0 Å². The molecule has 0 radical (unpaired) electrons. The highest BCUT2D eigenvalue weighted by atomic mass is 32.1. The van der Waals surface area contributed by atoms with Crippen LogP contribution in [-0.4, -0.2) is 10.9 Å². The zero-order valence-corrected chi connectivity index (χ0v) is 13.4. The number of hydrogen-bond donors (Lipinski definition) is 1. The molecule has 3 rings (SSSR count). The van der Waals surface area contributed by atoms with Crippen LogP contribution in [0.2, 0.25) is 0 Å². The third-order valence-corrected chi connectivity index (χ3v) is 4.55. The van der Waals surface area contributed by atoms with Crippen LogP contribution in [0.3, 0.4) is 0 Å². The third-order valence-electron chi connectivity index (χ3n) is 3.34. The second-order valence-electron chi connectivity index (χ2n) is 5.13. The van der Waals surface area contributed by atoms with Gasteiger partial charge in [-0.1, -0.05) is 36.4 Å². The van der Waals surface area contributed by atoms with Gasteiger partial charge in [0, 0.05) is 16.1 Å². The van der Waals surface area contributed by atoms with Gasteiger partial charge in [0.2, 0.25) is 5.91 Å². The minimum atomic E-state index is -0.372. The van der Waals surface area contributed by atoms with E-state index in [2.05, 4.69) is 10.3 Å². The van der Waals surface area contributed by atoms with Crippen molar-refractivity contribution in [3.8, 4) is 10.6 Å². The molecule has 0 saturated heterocycles. The van der Waals surface area contributed by atoms with Crippen LogP contribution in [0.4, 0.5) is 10.1 Å². The summed E-state index contributed by atoms with van der Waals surface area (Å²) in [6.07, 6.45) is 0.229. The lowest BCUT2D eigenvalue weighted by atomic mass is 10.2. The molecule has 0 fully saturated rings. The van der Waals surface area contributed by atoms with Crippen molar-refractivity contribution in [2.24, 2.45) is 0 Å². The Morgan fingerprint density at radius 2 is 1.96 bits per heavy atom. The fraction of sp³-hybridized carbons (Fsp3) is 0.111. The van der Waals surface area contributed by atoms with Crippen LogP contribution >= 0.6 is 11.3 Å². The van der Waals surface area contributed by atoms with Crippen molar-refractivity contribution in [2.75, 3.05) is 5.32 Å². The largest absolute Gasteiger partial charge is 0.326 e. The Bertz CT molecular complexity index is 830. The van der Waals surface area contributed by atoms with Crippen LogP contribution in [0.5, 0.6) is 0 Å². The summed E-state index contributed by atoms with van der Waals surface area (Å²) in [7, 11) is 0. The number of thiazole rings is 1. The number of benzene rings is 2. The lowest BCUT2D eigenvalue weighted by Gasteiger charge is -2.04. The van der Waals surface area contributed by atoms with E-state index in [-0.39, 0.29) is 18.1 Å². The maximum atomic E-state index is 13.1. The average molecular weight is 326 g/mol. The highest BCUT2D eigenvalue weighted by molar-refractivity contribution is 7.15. The summed E-state index contributed by atoms with van der Waals surface area (Å²) in [6.45, 7) is 1.90. The first-order valence-corrected chi connectivity index (χ1v) is 8.00. The van der Waals surface area contributed by atoms with Gasteiger partial charge >= 0.3 is 0 Å². The van der Waals surface area contributed by atoms with Crippen molar-refractivity contribution in [2.45, 2.75) is 13.3 Å². The summed E-state index contributed by atoms with van der Waals surface area (Å²) in [5.41, 5.74) is 2.35. The number of rotatable bonds is 4. The molecule has 0 saturated carbocycles. The van der Waals surface area contributed by atoms with E-state index < -0.39 is 0 Å². The Hall–Kier alpha value is -2.53. The van der Waals surface area contributed by atoms with Crippen LogP contribution in [-0.2, 0) is 11.2 Å². The minimum Gasteiger partial charge on any atom is -0.326 e. The number of carbonyl (C=O) groups excluding carboxylic acids is 1. The Labute approximate surface area is 137 Å². The van der Waals surface area contributed by atoms with E-state index in [1.807, 2.05) is 37.3 Å². The van der Waals surface area contributed by atoms with Crippen molar-refractivity contribution in [3.05, 3.63) is 71.0 Å². The topological polar surface area (TPSA) is 42.0 Å². The zero-order chi connectivity index (χ0) is 16.2. The normalized spacial score (nSPS) is 10.5. The number of hydrogen-bond acceptors (Lipinski definition) is 3. The van der Waals surface area contributed by atoms with Gasteiger partial charge in [0.25, 0.3) is 0 Å². The maximum Gasteiger partial charge on any atom is 0.229 e. The first-order valence-electron chi connectivity index (χ1n) is 7.19. The molecule has 3 aromatic rings. The first-order chi connectivity index (χ1) is 11.1. The second-order valence-corrected chi connectivity index (χ2v) is 6.21. The molecule has 5 heteroatoms. The predicted octanol–water partition coefficient (Wildman–Crippen LogP) is 4.44. The number of carbonyl (C=O) groups is 1. The lowest BCUT2D eigenvalue weighted by Crippen LogP contribution is -2.14. The molecule has 1 N–H and O–H groups in total. The molecule has 0 aliphatic rings. The Morgan fingerprint density at radius 3 is 2.70 bits per heavy atom. The molecule has 0 aliphatic carbocycles. The molecule has 1 aromatic heterocycles. The number of aromatic nitrogens is 1. The summed E-state index contributed by atoms with van der Waals surface area (Å²) < 4.78 is 13.1. The molecule has 1 amide bonds. The second kappa shape index (κ2) is 6.71. The van der Waals surface area contributed by atoms with Gasteiger partial charge in [-0.05, 0) is 25.1 Å². The molecule has 23 heavy (non-hydrogen) atoms. The van der Waals surface area contributed by atoms with E-state index in [1.54, 1.807) is 12.1 Å². The van der Waals surface area contributed by atoms with Crippen LogP contribution in [0.1, 0.15) is 10.6 Å². The number of halogens is 1. The molecule has 0 unspecified atom stereocenters. The first kappa shape index (κ1) is 15.4. The molecular weight excluding hydrogens is 311 g/mol. The van der Waals surface area contributed by atoms with Gasteiger partial charge < -0.3 is 5.32 Å². The predicted molar refractivity (Wildman–Crippen MR) is 91.0 cm³/mol. The smallest absolute Gasteiger partial charge is 0.229 e. The molecular formula is C18H15FN2OS. The van der Waals surface area contributed by atoms with Crippen molar-refractivity contribution in [1.82, 2.24) is 4.98 Å². The van der Waals surface area contributed by atoms with Crippen LogP contribution < -0.4 is 5.32 Å². The summed E-state index contributed by atoms with van der Waals surface area (Å²) in [5, 5.41) is 3.61. The summed E-state index contributed by atoms with van der Waals surface area (Å²) in [6, 6.07) is 15.7. The van der Waals surface area contributed by atoms with E-state index in [0.29, 0.717) is 5.69 Å². The van der Waals surface area contributed by atoms with E-state index in [0.717, 1.165) is 21.1 Å². The average Bonchev–Trinajstić information content (AvgIpc) is 2.89. The number of nitrogens with one attached hydrogen (secondary N) is 1. The van der Waals surface area contributed by atoms with E-state index in [4.69, 9.17) is 0 Å². The van der Waals surface area contributed by atoms with Crippen LogP contribution in [0.15, 0.2) is 54.6 Å². The highest BCUT2D eigenvalue weighted by Gasteiger charge is 2.13. The van der Waals surface area contributed by atoms with Crippen molar-refractivity contribution < 1.29 is 9.18 Å². The molecule has 116 valence electrons. The van der Waals surface area contributed by atoms with Crippen molar-refractivity contribution in [3.63, 3.8) is 0 Å². The third kappa shape index (κ3) is 3.81. The van der Waals surface area contributed by atoms with E-state index >= 15 is 0 Å². The lowest BCUT2D eigenvalue weighted by molar-refractivity contribution is -0.115. The number of nitrogens with zero attached hydrogens (tertiary/aromatic N) is 1. The van der Waals surface area contributed by atoms with Crippen LogP contribution in [0.25, 0.3) is 10.6 Å². The van der Waals surface area contributed by atoms with Gasteiger partial charge in [-0.2, -0.15) is 0 Å². The molecule has 1 heterocycles. The minimum absolute atomic E-state index is 0.179. The van der Waals surface area contributed by atoms with Crippen molar-refractivity contribution >= 4 is 22.9 Å². The van der Waals surface area contributed by atoms with E-state index in [9.17, 15) is 9.18 Å². The fourth-order valence-corrected chi connectivity index (χ4v) is 3.28. The summed E-state index contributed by atoms with van der Waals surface area (Å²) >= 11 is 1.51. The van der Waals surface area contributed by atoms with E-state index in [1.165, 1.54) is 23.5 Å². The SMILES string of the molecule is Cc1nc(-c2ccccc2)sc1CC(=O)Nc1cccc(F)c1. The molecule has 3 nitrogen and oxygen atoms in total. The Balaban J connectivity index is 1.73. The number of amides is 1. The van der Waals surface area contributed by atoms with Gasteiger partial charge in [-0.25, -0.2) is 9.37 Å². The van der Waals surface area contributed by atoms with Gasteiger partial charge in [0.1, 0.15) is 10.8 Å². The van der Waals surface area contributed by atoms with Gasteiger partial charge in [0.15, 0.2) is 0 Å². The zero-order valence-electron chi connectivity index (χ0n) is 12.5. The highest BCUT2D eigenvalue weighted by Crippen LogP contribution is 2.28. The van der Waals surface area contributed by atoms with Crippen LogP contribution in [0, 0.1) is 12.7 Å². The van der Waals surface area contributed by atoms with Gasteiger partial charge in [-0.15, -0.1) is 11.3 Å². The number of aryl methyl sites for hydroxylation is 1. The molecule has 0 atom stereocenters. The fourth-order valence-electron chi connectivity index (χ4n) is 2.21. The van der Waals surface area contributed by atoms with Gasteiger partial charge in [-0.3, -0.25) is 4.79 Å².